The highest BCUT2D eigenvalue weighted by Gasteiger charge is 2.23. The minimum absolute atomic E-state index is 0.613. The minimum atomic E-state index is 0.613. The normalized spacial score (nSPS) is 16.1. The fraction of sp³-hybridized carbons (Fsp3) is 0.273. The molecule has 27 heavy (non-hydrogen) atoms. The number of para-hydroxylation sites is 1. The summed E-state index contributed by atoms with van der Waals surface area (Å²) in [6, 6.07) is 17.3. The van der Waals surface area contributed by atoms with Crippen LogP contribution in [0.25, 0.3) is 15.9 Å². The Hall–Kier alpha value is -2.50. The molecule has 0 bridgehead atoms. The smallest absolute Gasteiger partial charge is 0.0991 e. The van der Waals surface area contributed by atoms with Crippen molar-refractivity contribution in [2.75, 3.05) is 13.1 Å². The molecule has 0 atom stereocenters. The molecule has 136 valence electrons. The third kappa shape index (κ3) is 3.53. The number of hydrogen-bond acceptors (Lipinski definition) is 4. The van der Waals surface area contributed by atoms with E-state index in [1.807, 2.05) is 34.6 Å². The predicted molar refractivity (Wildman–Crippen MR) is 110 cm³/mol. The van der Waals surface area contributed by atoms with Gasteiger partial charge in [-0.1, -0.05) is 24.3 Å². The van der Waals surface area contributed by atoms with Crippen LogP contribution >= 0.6 is 11.3 Å². The molecule has 3 heterocycles. The molecule has 4 aromatic rings. The van der Waals surface area contributed by atoms with Crippen molar-refractivity contribution in [1.82, 2.24) is 19.4 Å². The summed E-state index contributed by atoms with van der Waals surface area (Å²) in [5.41, 5.74) is 3.68. The summed E-state index contributed by atoms with van der Waals surface area (Å²) in [7, 11) is 0. The van der Waals surface area contributed by atoms with Crippen LogP contribution in [-0.4, -0.2) is 32.5 Å². The van der Waals surface area contributed by atoms with Gasteiger partial charge < -0.3 is 4.57 Å². The van der Waals surface area contributed by atoms with Gasteiger partial charge in [0, 0.05) is 30.5 Å². The Kier molecular flexibility index (Phi) is 4.47. The standard InChI is InChI=1S/C22H22N4S/c1-2-4-21-20(3-1)24-22(27-21)18-9-12-25(13-10-18)15-17-5-7-19(8-6-17)26-14-11-23-16-26/h1-8,11,14,16,18H,9-10,12-13,15H2. The topological polar surface area (TPSA) is 34.0 Å². The summed E-state index contributed by atoms with van der Waals surface area (Å²) in [4.78, 5) is 11.5. The van der Waals surface area contributed by atoms with Crippen molar-refractivity contribution in [3.8, 4) is 5.69 Å². The highest BCUT2D eigenvalue weighted by Crippen LogP contribution is 2.34. The van der Waals surface area contributed by atoms with Crippen molar-refractivity contribution in [1.29, 1.82) is 0 Å². The zero-order valence-corrected chi connectivity index (χ0v) is 16.0. The average molecular weight is 375 g/mol. The van der Waals surface area contributed by atoms with E-state index in [9.17, 15) is 0 Å². The lowest BCUT2D eigenvalue weighted by Crippen LogP contribution is -2.32. The van der Waals surface area contributed by atoms with Gasteiger partial charge in [-0.3, -0.25) is 4.90 Å². The molecule has 0 radical (unpaired) electrons. The molecule has 5 rings (SSSR count). The van der Waals surface area contributed by atoms with Crippen molar-refractivity contribution in [2.24, 2.45) is 0 Å². The molecule has 1 saturated heterocycles. The van der Waals surface area contributed by atoms with Gasteiger partial charge in [-0.05, 0) is 55.8 Å². The van der Waals surface area contributed by atoms with E-state index >= 15 is 0 Å². The molecule has 0 unspecified atom stereocenters. The van der Waals surface area contributed by atoms with Gasteiger partial charge in [-0.15, -0.1) is 11.3 Å². The Labute approximate surface area is 163 Å². The lowest BCUT2D eigenvalue weighted by Gasteiger charge is -2.31. The molecular weight excluding hydrogens is 352 g/mol. The van der Waals surface area contributed by atoms with Crippen LogP contribution in [0, 0.1) is 0 Å². The van der Waals surface area contributed by atoms with E-state index in [1.54, 1.807) is 0 Å². The van der Waals surface area contributed by atoms with E-state index in [2.05, 4.69) is 58.4 Å². The Balaban J connectivity index is 1.20. The molecule has 1 fully saturated rings. The van der Waals surface area contributed by atoms with E-state index in [4.69, 9.17) is 4.98 Å². The number of thiazole rings is 1. The van der Waals surface area contributed by atoms with E-state index in [0.717, 1.165) is 30.8 Å². The summed E-state index contributed by atoms with van der Waals surface area (Å²) in [6.45, 7) is 3.31. The Morgan fingerprint density at radius 3 is 2.56 bits per heavy atom. The second-order valence-corrected chi connectivity index (χ2v) is 8.27. The first-order valence-corrected chi connectivity index (χ1v) is 10.3. The van der Waals surface area contributed by atoms with Crippen LogP contribution in [0.4, 0.5) is 0 Å². The largest absolute Gasteiger partial charge is 0.306 e. The van der Waals surface area contributed by atoms with Crippen LogP contribution in [0.1, 0.15) is 29.3 Å². The van der Waals surface area contributed by atoms with Crippen LogP contribution in [0.2, 0.25) is 0 Å². The molecule has 0 aliphatic carbocycles. The van der Waals surface area contributed by atoms with Crippen LogP contribution in [0.3, 0.4) is 0 Å². The second-order valence-electron chi connectivity index (χ2n) is 7.21. The fourth-order valence-corrected chi connectivity index (χ4v) is 4.98. The van der Waals surface area contributed by atoms with Crippen LogP contribution in [-0.2, 0) is 6.54 Å². The molecule has 0 saturated carbocycles. The van der Waals surface area contributed by atoms with Gasteiger partial charge in [0.1, 0.15) is 0 Å². The van der Waals surface area contributed by atoms with Crippen LogP contribution in [0.15, 0.2) is 67.3 Å². The van der Waals surface area contributed by atoms with Gasteiger partial charge in [0.05, 0.1) is 21.6 Å². The van der Waals surface area contributed by atoms with Gasteiger partial charge >= 0.3 is 0 Å². The number of aromatic nitrogens is 3. The number of hydrogen-bond donors (Lipinski definition) is 0. The van der Waals surface area contributed by atoms with E-state index in [1.165, 1.54) is 28.1 Å². The summed E-state index contributed by atoms with van der Waals surface area (Å²) in [6.07, 6.45) is 8.02. The predicted octanol–water partition coefficient (Wildman–Crippen LogP) is 4.86. The maximum Gasteiger partial charge on any atom is 0.0991 e. The lowest BCUT2D eigenvalue weighted by molar-refractivity contribution is 0.204. The molecule has 0 N–H and O–H groups in total. The molecule has 1 aliphatic heterocycles. The van der Waals surface area contributed by atoms with Gasteiger partial charge in [-0.2, -0.15) is 0 Å². The second kappa shape index (κ2) is 7.25. The quantitative estimate of drug-likeness (QED) is 0.511. The summed E-state index contributed by atoms with van der Waals surface area (Å²) in [5.74, 6) is 0.613. The van der Waals surface area contributed by atoms with Gasteiger partial charge in [0.25, 0.3) is 0 Å². The minimum Gasteiger partial charge on any atom is -0.306 e. The summed E-state index contributed by atoms with van der Waals surface area (Å²) in [5, 5.41) is 1.32. The van der Waals surface area contributed by atoms with E-state index in [0.29, 0.717) is 5.92 Å². The summed E-state index contributed by atoms with van der Waals surface area (Å²) < 4.78 is 3.35. The monoisotopic (exact) mass is 374 g/mol. The highest BCUT2D eigenvalue weighted by molar-refractivity contribution is 7.18. The number of fused-ring (bicyclic) bond motifs is 1. The fourth-order valence-electron chi connectivity index (χ4n) is 3.85. The number of nitrogens with zero attached hydrogens (tertiary/aromatic N) is 4. The maximum absolute atomic E-state index is 4.87. The van der Waals surface area contributed by atoms with Gasteiger partial charge in [0.15, 0.2) is 0 Å². The molecule has 2 aromatic heterocycles. The van der Waals surface area contributed by atoms with Crippen molar-refractivity contribution in [3.05, 3.63) is 77.8 Å². The van der Waals surface area contributed by atoms with Crippen LogP contribution in [0.5, 0.6) is 0 Å². The number of imidazole rings is 1. The molecule has 1 aliphatic rings. The van der Waals surface area contributed by atoms with E-state index in [-0.39, 0.29) is 0 Å². The zero-order valence-electron chi connectivity index (χ0n) is 15.2. The first-order valence-electron chi connectivity index (χ1n) is 9.50. The zero-order chi connectivity index (χ0) is 18.1. The van der Waals surface area contributed by atoms with Gasteiger partial charge in [0.2, 0.25) is 0 Å². The molecule has 0 amide bonds. The van der Waals surface area contributed by atoms with Crippen molar-refractivity contribution in [2.45, 2.75) is 25.3 Å². The first-order chi connectivity index (χ1) is 13.3. The summed E-state index contributed by atoms with van der Waals surface area (Å²) >= 11 is 1.87. The van der Waals surface area contributed by atoms with E-state index < -0.39 is 0 Å². The molecule has 2 aromatic carbocycles. The highest BCUT2D eigenvalue weighted by atomic mass is 32.1. The van der Waals surface area contributed by atoms with Crippen molar-refractivity contribution in [3.63, 3.8) is 0 Å². The number of piperidine rings is 1. The molecule has 5 heteroatoms. The number of benzene rings is 2. The third-order valence-electron chi connectivity index (χ3n) is 5.39. The first kappa shape index (κ1) is 16.7. The molecule has 0 spiro atoms. The Morgan fingerprint density at radius 1 is 1.00 bits per heavy atom. The van der Waals surface area contributed by atoms with Gasteiger partial charge in [-0.25, -0.2) is 9.97 Å². The average Bonchev–Trinajstić information content (AvgIpc) is 3.39. The van der Waals surface area contributed by atoms with Crippen molar-refractivity contribution >= 4 is 21.6 Å². The number of rotatable bonds is 4. The van der Waals surface area contributed by atoms with Crippen molar-refractivity contribution < 1.29 is 0 Å². The number of likely N-dealkylation sites (tertiary alicyclic amines) is 1. The Bertz CT molecular complexity index is 979. The lowest BCUT2D eigenvalue weighted by atomic mass is 9.97. The Morgan fingerprint density at radius 2 is 1.81 bits per heavy atom. The SMILES string of the molecule is c1ccc2sc(C3CCN(Cc4ccc(-n5ccnc5)cc4)CC3)nc2c1. The molecule has 4 nitrogen and oxygen atoms in total. The maximum atomic E-state index is 4.87. The van der Waals surface area contributed by atoms with Crippen LogP contribution < -0.4 is 0 Å². The molecular formula is C22H22N4S. The third-order valence-corrected chi connectivity index (χ3v) is 6.59.